The zero-order valence-electron chi connectivity index (χ0n) is 17.7. The number of hydrogen-bond donors (Lipinski definition) is 1. The molecule has 0 aliphatic carbocycles. The summed E-state index contributed by atoms with van der Waals surface area (Å²) in [5, 5.41) is 13.7. The summed E-state index contributed by atoms with van der Waals surface area (Å²) in [7, 11) is 0. The zero-order chi connectivity index (χ0) is 22.2. The third kappa shape index (κ3) is 3.43. The number of anilines is 1. The van der Waals surface area contributed by atoms with Crippen LogP contribution in [0.1, 0.15) is 11.1 Å². The molecule has 3 aromatic carbocycles. The van der Waals surface area contributed by atoms with Gasteiger partial charge in [0.1, 0.15) is 18.4 Å². The Balaban J connectivity index is 1.48. The van der Waals surface area contributed by atoms with Crippen LogP contribution in [-0.4, -0.2) is 25.3 Å². The molecule has 0 bridgehead atoms. The van der Waals surface area contributed by atoms with E-state index in [1.165, 1.54) is 10.8 Å². The first-order valence-electron chi connectivity index (χ1n) is 10.3. The Labute approximate surface area is 183 Å². The molecule has 5 aromatic rings. The number of hydrogen-bond acceptors (Lipinski definition) is 4. The van der Waals surface area contributed by atoms with Crippen LogP contribution in [0.4, 0.5) is 5.69 Å². The third-order valence-electron chi connectivity index (χ3n) is 5.59. The minimum atomic E-state index is -0.372. The average molecular weight is 423 g/mol. The first kappa shape index (κ1) is 19.7. The number of fused-ring (bicyclic) bond motifs is 2. The van der Waals surface area contributed by atoms with Crippen LogP contribution in [-0.2, 0) is 11.3 Å². The maximum absolute atomic E-state index is 13.0. The number of nitrogens with one attached hydrogen (secondary N) is 1. The van der Waals surface area contributed by atoms with Gasteiger partial charge in [0.25, 0.3) is 5.56 Å². The van der Waals surface area contributed by atoms with Crippen LogP contribution in [0.25, 0.3) is 27.5 Å². The Kier molecular flexibility index (Phi) is 4.78. The van der Waals surface area contributed by atoms with Gasteiger partial charge in [-0.1, -0.05) is 60.7 Å². The van der Waals surface area contributed by atoms with Crippen LogP contribution >= 0.6 is 0 Å². The van der Waals surface area contributed by atoms with Crippen molar-refractivity contribution in [3.8, 4) is 11.3 Å². The molecular weight excluding hydrogens is 402 g/mol. The molecule has 2 heterocycles. The summed E-state index contributed by atoms with van der Waals surface area (Å²) in [4.78, 5) is 25.6. The van der Waals surface area contributed by atoms with E-state index in [4.69, 9.17) is 0 Å². The fraction of sp³-hybridized carbons (Fsp3) is 0.120. The maximum Gasteiger partial charge on any atom is 0.293 e. The van der Waals surface area contributed by atoms with Crippen molar-refractivity contribution in [2.75, 3.05) is 5.32 Å². The molecule has 7 heteroatoms. The van der Waals surface area contributed by atoms with Crippen molar-refractivity contribution in [3.05, 3.63) is 94.5 Å². The minimum Gasteiger partial charge on any atom is -0.324 e. The van der Waals surface area contributed by atoms with E-state index in [9.17, 15) is 9.59 Å². The number of aryl methyl sites for hydroxylation is 2. The van der Waals surface area contributed by atoms with Gasteiger partial charge in [0.2, 0.25) is 5.91 Å². The number of nitrogens with zero attached hydrogens (tertiary/aromatic N) is 4. The van der Waals surface area contributed by atoms with Gasteiger partial charge in [-0.3, -0.25) is 9.59 Å². The van der Waals surface area contributed by atoms with E-state index in [-0.39, 0.29) is 18.0 Å². The van der Waals surface area contributed by atoms with E-state index < -0.39 is 0 Å². The van der Waals surface area contributed by atoms with Crippen LogP contribution in [0.5, 0.6) is 0 Å². The topological polar surface area (TPSA) is 81.3 Å². The molecule has 5 rings (SSSR count). The van der Waals surface area contributed by atoms with Gasteiger partial charge >= 0.3 is 0 Å². The Morgan fingerprint density at radius 1 is 0.969 bits per heavy atom. The molecule has 0 fully saturated rings. The monoisotopic (exact) mass is 423 g/mol. The molecule has 0 spiro atoms. The summed E-state index contributed by atoms with van der Waals surface area (Å²) in [5.41, 5.74) is 4.29. The summed E-state index contributed by atoms with van der Waals surface area (Å²) in [5.74, 6) is -0.310. The van der Waals surface area contributed by atoms with E-state index in [1.54, 1.807) is 6.07 Å². The molecule has 158 valence electrons. The lowest BCUT2D eigenvalue weighted by Crippen LogP contribution is -2.30. The van der Waals surface area contributed by atoms with Gasteiger partial charge in [-0.05, 0) is 41.8 Å². The second kappa shape index (κ2) is 7.77. The van der Waals surface area contributed by atoms with Crippen molar-refractivity contribution >= 4 is 27.9 Å². The summed E-state index contributed by atoms with van der Waals surface area (Å²) in [6.45, 7) is 3.68. The van der Waals surface area contributed by atoms with Gasteiger partial charge in [-0.2, -0.15) is 10.2 Å². The van der Waals surface area contributed by atoms with Gasteiger partial charge in [0.05, 0.1) is 5.69 Å². The van der Waals surface area contributed by atoms with Gasteiger partial charge in [0, 0.05) is 11.3 Å². The smallest absolute Gasteiger partial charge is 0.293 e. The number of carbonyl (C=O) groups excluding carboxylic acids is 1. The van der Waals surface area contributed by atoms with E-state index in [0.29, 0.717) is 11.2 Å². The molecule has 2 aromatic heterocycles. The molecule has 0 saturated heterocycles. The molecule has 0 atom stereocenters. The molecule has 0 aliphatic heterocycles. The first-order valence-corrected chi connectivity index (χ1v) is 10.3. The quantitative estimate of drug-likeness (QED) is 0.474. The van der Waals surface area contributed by atoms with Gasteiger partial charge in [-0.15, -0.1) is 0 Å². The van der Waals surface area contributed by atoms with Crippen LogP contribution in [0.2, 0.25) is 0 Å². The summed E-state index contributed by atoms with van der Waals surface area (Å²) in [6, 6.07) is 21.6. The predicted octanol–water partition coefficient (Wildman–Crippen LogP) is 3.97. The fourth-order valence-corrected chi connectivity index (χ4v) is 3.96. The predicted molar refractivity (Wildman–Crippen MR) is 125 cm³/mol. The van der Waals surface area contributed by atoms with Crippen LogP contribution in [0.15, 0.2) is 77.9 Å². The Morgan fingerprint density at radius 3 is 2.50 bits per heavy atom. The number of amides is 1. The van der Waals surface area contributed by atoms with E-state index in [1.807, 2.05) is 74.5 Å². The van der Waals surface area contributed by atoms with Crippen molar-refractivity contribution in [1.29, 1.82) is 0 Å². The molecule has 1 N–H and O–H groups in total. The van der Waals surface area contributed by atoms with Crippen molar-refractivity contribution in [1.82, 2.24) is 19.4 Å². The average Bonchev–Trinajstić information content (AvgIpc) is 3.23. The standard InChI is InChI=1S/C25H21N5O2/c1-16-7-5-8-17(2)24(16)27-23(31)14-29-25(32)22-13-21(28-30(22)15-26-29)20-12-6-10-18-9-3-4-11-19(18)20/h3-13,15H,14H2,1-2H3,(H,27,31). The Bertz CT molecular complexity index is 1520. The molecule has 0 radical (unpaired) electrons. The lowest BCUT2D eigenvalue weighted by molar-refractivity contribution is -0.117. The maximum atomic E-state index is 13.0. The second-order valence-electron chi connectivity index (χ2n) is 7.79. The SMILES string of the molecule is Cc1cccc(C)c1NC(=O)Cn1ncn2nc(-c3cccc4ccccc34)cc2c1=O. The number of aromatic nitrogens is 4. The first-order chi connectivity index (χ1) is 15.5. The highest BCUT2D eigenvalue weighted by Gasteiger charge is 2.14. The minimum absolute atomic E-state index is 0.183. The highest BCUT2D eigenvalue weighted by Crippen LogP contribution is 2.27. The highest BCUT2D eigenvalue weighted by molar-refractivity contribution is 5.96. The molecule has 0 saturated carbocycles. The molecule has 0 unspecified atom stereocenters. The number of para-hydroxylation sites is 1. The largest absolute Gasteiger partial charge is 0.324 e. The molecule has 32 heavy (non-hydrogen) atoms. The molecular formula is C25H21N5O2. The fourth-order valence-electron chi connectivity index (χ4n) is 3.96. The van der Waals surface area contributed by atoms with Gasteiger partial charge in [-0.25, -0.2) is 9.20 Å². The van der Waals surface area contributed by atoms with Crippen LogP contribution in [0.3, 0.4) is 0 Å². The van der Waals surface area contributed by atoms with Crippen molar-refractivity contribution in [2.45, 2.75) is 20.4 Å². The van der Waals surface area contributed by atoms with Crippen LogP contribution < -0.4 is 10.9 Å². The van der Waals surface area contributed by atoms with Gasteiger partial charge < -0.3 is 5.32 Å². The summed E-state index contributed by atoms with van der Waals surface area (Å²) < 4.78 is 2.62. The van der Waals surface area contributed by atoms with E-state index in [2.05, 4.69) is 15.5 Å². The highest BCUT2D eigenvalue weighted by atomic mass is 16.2. The molecule has 0 aliphatic rings. The van der Waals surface area contributed by atoms with Crippen LogP contribution in [0, 0.1) is 13.8 Å². The Morgan fingerprint density at radius 2 is 1.69 bits per heavy atom. The van der Waals surface area contributed by atoms with E-state index >= 15 is 0 Å². The molecule has 7 nitrogen and oxygen atoms in total. The number of carbonyl (C=O) groups is 1. The number of rotatable bonds is 4. The second-order valence-corrected chi connectivity index (χ2v) is 7.79. The van der Waals surface area contributed by atoms with Crippen molar-refractivity contribution < 1.29 is 4.79 Å². The lowest BCUT2D eigenvalue weighted by Gasteiger charge is -2.11. The van der Waals surface area contributed by atoms with Gasteiger partial charge in [0.15, 0.2) is 0 Å². The Hall–Kier alpha value is -4.26. The van der Waals surface area contributed by atoms with E-state index in [0.717, 1.165) is 37.8 Å². The van der Waals surface area contributed by atoms with Crippen molar-refractivity contribution in [3.63, 3.8) is 0 Å². The summed E-state index contributed by atoms with van der Waals surface area (Å²) in [6.07, 6.45) is 1.46. The summed E-state index contributed by atoms with van der Waals surface area (Å²) >= 11 is 0. The zero-order valence-corrected chi connectivity index (χ0v) is 17.7. The number of benzene rings is 3. The molecule has 1 amide bonds. The van der Waals surface area contributed by atoms with Crippen molar-refractivity contribution in [2.24, 2.45) is 0 Å². The normalized spacial score (nSPS) is 11.2. The lowest BCUT2D eigenvalue weighted by atomic mass is 10.0. The third-order valence-corrected chi connectivity index (χ3v) is 5.59.